The van der Waals surface area contributed by atoms with E-state index in [1.54, 1.807) is 0 Å². The van der Waals surface area contributed by atoms with Crippen molar-refractivity contribution in [1.82, 2.24) is 4.98 Å². The van der Waals surface area contributed by atoms with Gasteiger partial charge in [0, 0.05) is 6.07 Å². The van der Waals surface area contributed by atoms with Crippen molar-refractivity contribution < 1.29 is 23.7 Å². The molecule has 0 unspecified atom stereocenters. The van der Waals surface area contributed by atoms with Crippen LogP contribution in [0.3, 0.4) is 0 Å². The van der Waals surface area contributed by atoms with Crippen LogP contribution in [0.5, 0.6) is 11.5 Å². The number of aliphatic hydroxyl groups is 1. The maximum Gasteiger partial charge on any atom is 0.280 e. The minimum atomic E-state index is -2.77. The van der Waals surface area contributed by atoms with Crippen LogP contribution in [0.4, 0.5) is 8.78 Å². The summed E-state index contributed by atoms with van der Waals surface area (Å²) in [5.41, 5.74) is -0.761. The number of alkyl halides is 2. The van der Waals surface area contributed by atoms with Crippen LogP contribution in [0, 0.1) is 0 Å². The smallest absolute Gasteiger partial charge is 0.280 e. The van der Waals surface area contributed by atoms with Gasteiger partial charge < -0.3 is 14.9 Å². The fourth-order valence-electron chi connectivity index (χ4n) is 0.964. The molecule has 0 aromatic carbocycles. The fourth-order valence-corrected chi connectivity index (χ4v) is 0.964. The Balaban J connectivity index is 3.25. The Labute approximate surface area is 78.8 Å². The number of aromatic hydroxyl groups is 1. The van der Waals surface area contributed by atoms with Crippen molar-refractivity contribution in [3.63, 3.8) is 0 Å². The molecule has 4 nitrogen and oxygen atoms in total. The molecule has 0 saturated carbocycles. The topological polar surface area (TPSA) is 62.6 Å². The summed E-state index contributed by atoms with van der Waals surface area (Å²) in [5, 5.41) is 18.0. The van der Waals surface area contributed by atoms with Gasteiger partial charge in [-0.1, -0.05) is 0 Å². The Morgan fingerprint density at radius 3 is 2.64 bits per heavy atom. The second kappa shape index (κ2) is 4.19. The number of rotatable bonds is 3. The molecule has 0 aliphatic heterocycles. The summed E-state index contributed by atoms with van der Waals surface area (Å²) in [6.07, 6.45) is -2.77. The molecule has 0 saturated heterocycles. The van der Waals surface area contributed by atoms with E-state index in [-0.39, 0.29) is 11.4 Å². The zero-order chi connectivity index (χ0) is 10.7. The summed E-state index contributed by atoms with van der Waals surface area (Å²) in [5.74, 6) is -0.543. The highest BCUT2D eigenvalue weighted by Crippen LogP contribution is 2.32. The lowest BCUT2D eigenvalue weighted by Crippen LogP contribution is -1.99. The van der Waals surface area contributed by atoms with Gasteiger partial charge in [0.05, 0.1) is 13.7 Å². The number of aliphatic hydroxyl groups excluding tert-OH is 1. The third-order valence-corrected chi connectivity index (χ3v) is 1.64. The maximum atomic E-state index is 12.3. The first-order valence-corrected chi connectivity index (χ1v) is 3.76. The van der Waals surface area contributed by atoms with Crippen LogP contribution in [-0.2, 0) is 6.61 Å². The molecule has 2 N–H and O–H groups in total. The van der Waals surface area contributed by atoms with Gasteiger partial charge in [-0.25, -0.2) is 13.8 Å². The molecule has 0 radical (unpaired) electrons. The van der Waals surface area contributed by atoms with Crippen LogP contribution in [0.2, 0.25) is 0 Å². The quantitative estimate of drug-likeness (QED) is 0.778. The van der Waals surface area contributed by atoms with E-state index in [0.717, 1.165) is 6.07 Å². The SMILES string of the molecule is COc1cc(C(F)F)nc(CO)c1O. The Kier molecular flexibility index (Phi) is 3.19. The average Bonchev–Trinajstić information content (AvgIpc) is 2.17. The minimum absolute atomic E-state index is 0.126. The molecule has 0 aliphatic rings. The predicted octanol–water partition coefficient (Wildman–Crippen LogP) is 1.23. The molecular formula is C8H9F2NO3. The highest BCUT2D eigenvalue weighted by atomic mass is 19.3. The van der Waals surface area contributed by atoms with E-state index in [4.69, 9.17) is 5.11 Å². The van der Waals surface area contributed by atoms with Gasteiger partial charge in [0.15, 0.2) is 11.5 Å². The average molecular weight is 205 g/mol. The van der Waals surface area contributed by atoms with Gasteiger partial charge in [-0.3, -0.25) is 0 Å². The van der Waals surface area contributed by atoms with Crippen LogP contribution in [0.15, 0.2) is 6.07 Å². The van der Waals surface area contributed by atoms with Gasteiger partial charge in [-0.05, 0) is 0 Å². The summed E-state index contributed by atoms with van der Waals surface area (Å²) in [6, 6.07) is 0.930. The summed E-state index contributed by atoms with van der Waals surface area (Å²) in [4.78, 5) is 3.37. The molecule has 0 bridgehead atoms. The van der Waals surface area contributed by atoms with Crippen molar-refractivity contribution in [2.24, 2.45) is 0 Å². The van der Waals surface area contributed by atoms with Crippen molar-refractivity contribution >= 4 is 0 Å². The van der Waals surface area contributed by atoms with E-state index >= 15 is 0 Å². The fraction of sp³-hybridized carbons (Fsp3) is 0.375. The second-order valence-electron chi connectivity index (χ2n) is 2.50. The monoisotopic (exact) mass is 205 g/mol. The maximum absolute atomic E-state index is 12.3. The molecule has 78 valence electrons. The molecule has 1 aromatic heterocycles. The van der Waals surface area contributed by atoms with Gasteiger partial charge in [0.25, 0.3) is 6.43 Å². The number of nitrogens with zero attached hydrogens (tertiary/aromatic N) is 1. The number of hydrogen-bond donors (Lipinski definition) is 2. The third-order valence-electron chi connectivity index (χ3n) is 1.64. The summed E-state index contributed by atoms with van der Waals surface area (Å²) in [7, 11) is 1.23. The molecule has 1 rings (SSSR count). The zero-order valence-electron chi connectivity index (χ0n) is 7.37. The summed E-state index contributed by atoms with van der Waals surface area (Å²) < 4.78 is 29.1. The van der Waals surface area contributed by atoms with Crippen molar-refractivity contribution in [1.29, 1.82) is 0 Å². The number of aromatic nitrogens is 1. The first-order valence-electron chi connectivity index (χ1n) is 3.76. The Morgan fingerprint density at radius 2 is 2.21 bits per heavy atom. The molecule has 14 heavy (non-hydrogen) atoms. The van der Waals surface area contributed by atoms with Gasteiger partial charge in [-0.2, -0.15) is 0 Å². The Hall–Kier alpha value is -1.43. The van der Waals surface area contributed by atoms with E-state index in [9.17, 15) is 13.9 Å². The zero-order valence-corrected chi connectivity index (χ0v) is 7.37. The van der Waals surface area contributed by atoms with Gasteiger partial charge in [-0.15, -0.1) is 0 Å². The lowest BCUT2D eigenvalue weighted by Gasteiger charge is -2.08. The van der Waals surface area contributed by atoms with Crippen molar-refractivity contribution in [2.75, 3.05) is 7.11 Å². The van der Waals surface area contributed by atoms with Crippen LogP contribution in [0.1, 0.15) is 17.8 Å². The van der Waals surface area contributed by atoms with Gasteiger partial charge in [0.1, 0.15) is 11.4 Å². The molecule has 0 amide bonds. The number of halogens is 2. The first-order chi connectivity index (χ1) is 6.60. The molecule has 6 heteroatoms. The van der Waals surface area contributed by atoms with Gasteiger partial charge in [0.2, 0.25) is 0 Å². The summed E-state index contributed by atoms with van der Waals surface area (Å²) >= 11 is 0. The number of ether oxygens (including phenoxy) is 1. The standard InChI is InChI=1S/C8H9F2NO3/c1-14-6-2-4(8(9)10)11-5(3-12)7(6)13/h2,8,12-13H,3H2,1H3. The lowest BCUT2D eigenvalue weighted by molar-refractivity contribution is 0.144. The normalized spacial score (nSPS) is 10.6. The van der Waals surface area contributed by atoms with E-state index in [2.05, 4.69) is 9.72 Å². The van der Waals surface area contributed by atoms with Crippen LogP contribution in [-0.4, -0.2) is 22.3 Å². The van der Waals surface area contributed by atoms with Crippen molar-refractivity contribution in [3.8, 4) is 11.5 Å². The molecular weight excluding hydrogens is 196 g/mol. The largest absolute Gasteiger partial charge is 0.503 e. The number of methoxy groups -OCH3 is 1. The molecule has 1 aromatic rings. The predicted molar refractivity (Wildman–Crippen MR) is 43.3 cm³/mol. The van der Waals surface area contributed by atoms with Crippen LogP contribution in [0.25, 0.3) is 0 Å². The second-order valence-corrected chi connectivity index (χ2v) is 2.50. The molecule has 1 heterocycles. The Bertz CT molecular complexity index is 305. The highest BCUT2D eigenvalue weighted by molar-refractivity contribution is 5.43. The third kappa shape index (κ3) is 1.90. The molecule has 0 spiro atoms. The van der Waals surface area contributed by atoms with Crippen LogP contribution < -0.4 is 4.74 Å². The van der Waals surface area contributed by atoms with Crippen molar-refractivity contribution in [3.05, 3.63) is 17.5 Å². The van der Waals surface area contributed by atoms with E-state index < -0.39 is 24.5 Å². The Morgan fingerprint density at radius 1 is 1.57 bits per heavy atom. The lowest BCUT2D eigenvalue weighted by atomic mass is 10.2. The molecule has 0 fully saturated rings. The van der Waals surface area contributed by atoms with E-state index in [0.29, 0.717) is 0 Å². The number of hydrogen-bond acceptors (Lipinski definition) is 4. The van der Waals surface area contributed by atoms with E-state index in [1.165, 1.54) is 7.11 Å². The van der Waals surface area contributed by atoms with Crippen molar-refractivity contribution in [2.45, 2.75) is 13.0 Å². The minimum Gasteiger partial charge on any atom is -0.503 e. The number of pyridine rings is 1. The summed E-state index contributed by atoms with van der Waals surface area (Å²) in [6.45, 7) is -0.622. The van der Waals surface area contributed by atoms with Crippen LogP contribution >= 0.6 is 0 Å². The van der Waals surface area contributed by atoms with E-state index in [1.807, 2.05) is 0 Å². The molecule has 0 aliphatic carbocycles. The van der Waals surface area contributed by atoms with Gasteiger partial charge >= 0.3 is 0 Å². The molecule has 0 atom stereocenters. The first kappa shape index (κ1) is 10.6. The highest BCUT2D eigenvalue weighted by Gasteiger charge is 2.16.